The van der Waals surface area contributed by atoms with Crippen LogP contribution in [0.5, 0.6) is 11.5 Å². The maximum absolute atomic E-state index is 12.7. The molecule has 2 aromatic carbocycles. The van der Waals surface area contributed by atoms with E-state index in [9.17, 15) is 4.79 Å². The van der Waals surface area contributed by atoms with Gasteiger partial charge < -0.3 is 23.9 Å². The third-order valence-corrected chi connectivity index (χ3v) is 5.71. The quantitative estimate of drug-likeness (QED) is 0.469. The maximum Gasteiger partial charge on any atom is 0.273 e. The van der Waals surface area contributed by atoms with E-state index in [0.29, 0.717) is 35.4 Å². The summed E-state index contributed by atoms with van der Waals surface area (Å²) in [6.45, 7) is 2.41. The number of methoxy groups -OCH3 is 2. The van der Waals surface area contributed by atoms with E-state index in [1.54, 1.807) is 38.5 Å². The molecule has 1 N–H and O–H groups in total. The van der Waals surface area contributed by atoms with E-state index in [0.717, 1.165) is 22.4 Å². The van der Waals surface area contributed by atoms with E-state index in [-0.39, 0.29) is 11.6 Å². The topological polar surface area (TPSA) is 91.4 Å². The number of hydrogen-bond acceptors (Lipinski definition) is 6. The number of rotatable bonds is 7. The van der Waals surface area contributed by atoms with Crippen LogP contribution in [0.2, 0.25) is 0 Å². The number of carbonyl (C=O) groups is 1. The zero-order valence-electron chi connectivity index (χ0n) is 18.2. The molecule has 164 valence electrons. The second-order valence-electron chi connectivity index (χ2n) is 7.91. The van der Waals surface area contributed by atoms with E-state index in [2.05, 4.69) is 26.1 Å². The number of nitrogens with one attached hydrogen (secondary N) is 1. The summed E-state index contributed by atoms with van der Waals surface area (Å²) in [4.78, 5) is 17.3. The van der Waals surface area contributed by atoms with Crippen LogP contribution in [-0.2, 0) is 6.54 Å². The SMILES string of the molecule is COc1ccc(OC)c(-c2cc(C(=O)NCc3ccc4c(c3)nc(C)n4C3CC3)no2)c1. The monoisotopic (exact) mass is 432 g/mol. The van der Waals surface area contributed by atoms with Crippen LogP contribution in [0.4, 0.5) is 0 Å². The van der Waals surface area contributed by atoms with E-state index in [1.807, 2.05) is 19.1 Å². The first-order chi connectivity index (χ1) is 15.6. The number of ether oxygens (including phenoxy) is 2. The van der Waals surface area contributed by atoms with E-state index < -0.39 is 0 Å². The van der Waals surface area contributed by atoms with Crippen molar-refractivity contribution in [1.82, 2.24) is 20.0 Å². The molecule has 1 saturated carbocycles. The van der Waals surface area contributed by atoms with Gasteiger partial charge in [0.05, 0.1) is 30.8 Å². The normalized spacial score (nSPS) is 13.3. The molecule has 0 aliphatic heterocycles. The molecule has 4 aromatic rings. The Hall–Kier alpha value is -3.81. The molecule has 0 bridgehead atoms. The molecule has 0 saturated heterocycles. The number of imidazole rings is 1. The summed E-state index contributed by atoms with van der Waals surface area (Å²) in [5.41, 5.74) is 3.93. The van der Waals surface area contributed by atoms with Gasteiger partial charge in [-0.2, -0.15) is 0 Å². The molecular formula is C24H24N4O4. The largest absolute Gasteiger partial charge is 0.497 e. The van der Waals surface area contributed by atoms with Gasteiger partial charge >= 0.3 is 0 Å². The number of fused-ring (bicyclic) bond motifs is 1. The van der Waals surface area contributed by atoms with Crippen molar-refractivity contribution in [3.05, 3.63) is 59.5 Å². The van der Waals surface area contributed by atoms with Crippen LogP contribution in [0.1, 0.15) is 40.8 Å². The fourth-order valence-corrected chi connectivity index (χ4v) is 3.96. The average Bonchev–Trinajstić information content (AvgIpc) is 3.41. The lowest BCUT2D eigenvalue weighted by atomic mass is 10.1. The summed E-state index contributed by atoms with van der Waals surface area (Å²) in [5.74, 6) is 2.39. The minimum Gasteiger partial charge on any atom is -0.497 e. The van der Waals surface area contributed by atoms with Crippen LogP contribution in [0.3, 0.4) is 0 Å². The molecular weight excluding hydrogens is 408 g/mol. The van der Waals surface area contributed by atoms with E-state index >= 15 is 0 Å². The molecule has 0 radical (unpaired) electrons. The number of carbonyl (C=O) groups excluding carboxylic acids is 1. The molecule has 1 aliphatic carbocycles. The zero-order chi connectivity index (χ0) is 22.2. The molecule has 8 heteroatoms. The number of aryl methyl sites for hydroxylation is 1. The number of hydrogen-bond donors (Lipinski definition) is 1. The van der Waals surface area contributed by atoms with Gasteiger partial charge in [0, 0.05) is 18.7 Å². The lowest BCUT2D eigenvalue weighted by Crippen LogP contribution is -2.23. The lowest BCUT2D eigenvalue weighted by Gasteiger charge is -2.07. The Morgan fingerprint density at radius 3 is 2.75 bits per heavy atom. The molecule has 2 heterocycles. The van der Waals surface area contributed by atoms with Gasteiger partial charge in [0.1, 0.15) is 17.3 Å². The summed E-state index contributed by atoms with van der Waals surface area (Å²) < 4.78 is 18.4. The van der Waals surface area contributed by atoms with Gasteiger partial charge in [-0.1, -0.05) is 11.2 Å². The number of benzene rings is 2. The van der Waals surface area contributed by atoms with Gasteiger partial charge in [-0.25, -0.2) is 4.98 Å². The molecule has 0 spiro atoms. The molecule has 32 heavy (non-hydrogen) atoms. The Bertz CT molecular complexity index is 1300. The van der Waals surface area contributed by atoms with Crippen molar-refractivity contribution in [3.8, 4) is 22.8 Å². The smallest absolute Gasteiger partial charge is 0.273 e. The first-order valence-corrected chi connectivity index (χ1v) is 10.5. The highest BCUT2D eigenvalue weighted by atomic mass is 16.5. The van der Waals surface area contributed by atoms with Gasteiger partial charge in [-0.3, -0.25) is 4.79 Å². The summed E-state index contributed by atoms with van der Waals surface area (Å²) in [6, 6.07) is 13.6. The Balaban J connectivity index is 1.31. The highest BCUT2D eigenvalue weighted by molar-refractivity contribution is 5.93. The minimum atomic E-state index is -0.318. The van der Waals surface area contributed by atoms with Crippen molar-refractivity contribution < 1.29 is 18.8 Å². The molecule has 8 nitrogen and oxygen atoms in total. The standard InChI is InChI=1S/C24H24N4O4/c1-14-26-19-10-15(4-8-21(19)28(14)16-5-6-16)13-25-24(29)20-12-23(32-27-20)18-11-17(30-2)7-9-22(18)31-3/h4,7-12,16H,5-6,13H2,1-3H3,(H,25,29). The molecule has 5 rings (SSSR count). The molecule has 0 atom stereocenters. The van der Waals surface area contributed by atoms with Gasteiger partial charge in [-0.15, -0.1) is 0 Å². The van der Waals surface area contributed by atoms with Crippen molar-refractivity contribution in [2.24, 2.45) is 0 Å². The predicted molar refractivity (Wildman–Crippen MR) is 119 cm³/mol. The summed E-state index contributed by atoms with van der Waals surface area (Å²) >= 11 is 0. The number of nitrogens with zero attached hydrogens (tertiary/aromatic N) is 3. The van der Waals surface area contributed by atoms with Crippen LogP contribution in [0.15, 0.2) is 47.0 Å². The van der Waals surface area contributed by atoms with Crippen molar-refractivity contribution in [1.29, 1.82) is 0 Å². The van der Waals surface area contributed by atoms with Gasteiger partial charge in [0.2, 0.25) is 0 Å². The Labute approximate surface area is 185 Å². The van der Waals surface area contributed by atoms with Crippen LogP contribution < -0.4 is 14.8 Å². The van der Waals surface area contributed by atoms with Crippen LogP contribution in [-0.4, -0.2) is 34.8 Å². The van der Waals surface area contributed by atoms with Crippen molar-refractivity contribution in [2.45, 2.75) is 32.4 Å². The predicted octanol–water partition coefficient (Wildman–Crippen LogP) is 4.28. The van der Waals surface area contributed by atoms with Gasteiger partial charge in [0.25, 0.3) is 5.91 Å². The molecule has 1 fully saturated rings. The number of amides is 1. The molecule has 1 aliphatic rings. The maximum atomic E-state index is 12.7. The summed E-state index contributed by atoms with van der Waals surface area (Å²) in [7, 11) is 3.15. The van der Waals surface area contributed by atoms with Crippen LogP contribution in [0.25, 0.3) is 22.4 Å². The minimum absolute atomic E-state index is 0.194. The molecule has 2 aromatic heterocycles. The van der Waals surface area contributed by atoms with Crippen molar-refractivity contribution >= 4 is 16.9 Å². The first kappa shape index (κ1) is 20.1. The fraction of sp³-hybridized carbons (Fsp3) is 0.292. The highest BCUT2D eigenvalue weighted by Crippen LogP contribution is 2.38. The van der Waals surface area contributed by atoms with Crippen LogP contribution >= 0.6 is 0 Å². The van der Waals surface area contributed by atoms with E-state index in [1.165, 1.54) is 12.8 Å². The van der Waals surface area contributed by atoms with Crippen molar-refractivity contribution in [2.75, 3.05) is 14.2 Å². The number of aromatic nitrogens is 3. The summed E-state index contributed by atoms with van der Waals surface area (Å²) in [6.07, 6.45) is 2.43. The van der Waals surface area contributed by atoms with Crippen LogP contribution in [0, 0.1) is 6.92 Å². The highest BCUT2D eigenvalue weighted by Gasteiger charge is 2.27. The zero-order valence-corrected chi connectivity index (χ0v) is 18.2. The summed E-state index contributed by atoms with van der Waals surface area (Å²) in [5, 5.41) is 6.83. The molecule has 1 amide bonds. The molecule has 0 unspecified atom stereocenters. The second-order valence-corrected chi connectivity index (χ2v) is 7.91. The fourth-order valence-electron chi connectivity index (χ4n) is 3.96. The Morgan fingerprint density at radius 2 is 2.00 bits per heavy atom. The van der Waals surface area contributed by atoms with E-state index in [4.69, 9.17) is 14.0 Å². The van der Waals surface area contributed by atoms with Gasteiger partial charge in [-0.05, 0) is 55.7 Å². The Kier molecular flexibility index (Phi) is 5.05. The van der Waals surface area contributed by atoms with Crippen molar-refractivity contribution in [3.63, 3.8) is 0 Å². The second kappa shape index (κ2) is 8.03. The third-order valence-electron chi connectivity index (χ3n) is 5.71. The first-order valence-electron chi connectivity index (χ1n) is 10.5. The average molecular weight is 432 g/mol. The lowest BCUT2D eigenvalue weighted by molar-refractivity contribution is 0.0942. The van der Waals surface area contributed by atoms with Gasteiger partial charge in [0.15, 0.2) is 11.5 Å². The third kappa shape index (κ3) is 3.68. The Morgan fingerprint density at radius 1 is 1.16 bits per heavy atom.